The summed E-state index contributed by atoms with van der Waals surface area (Å²) in [4.78, 5) is 19.8. The van der Waals surface area contributed by atoms with Crippen molar-refractivity contribution < 1.29 is 18.3 Å². The maximum absolute atomic E-state index is 15.6. The number of hydrogen-bond donors (Lipinski definition) is 3. The Kier molecular flexibility index (Phi) is 8.21. The predicted molar refractivity (Wildman–Crippen MR) is 153 cm³/mol. The van der Waals surface area contributed by atoms with Gasteiger partial charge in [-0.15, -0.1) is 0 Å². The molecule has 0 bridgehead atoms. The van der Waals surface area contributed by atoms with Crippen LogP contribution in [0.4, 0.5) is 14.5 Å². The third-order valence-electron chi connectivity index (χ3n) is 8.55. The summed E-state index contributed by atoms with van der Waals surface area (Å²) in [6.45, 7) is 6.62. The lowest BCUT2D eigenvalue weighted by atomic mass is 9.85. The highest BCUT2D eigenvalue weighted by atomic mass is 19.1. The molecule has 40 heavy (non-hydrogen) atoms. The minimum Gasteiger partial charge on any atom is -0.494 e. The number of aryl methyl sites for hydroxylation is 1. The molecule has 2 fully saturated rings. The van der Waals surface area contributed by atoms with Crippen molar-refractivity contribution in [3.63, 3.8) is 0 Å². The number of pyridine rings is 1. The molecule has 5 rings (SSSR count). The molecule has 1 saturated carbocycles. The summed E-state index contributed by atoms with van der Waals surface area (Å²) in [6.07, 6.45) is 9.28. The van der Waals surface area contributed by atoms with Crippen molar-refractivity contribution in [1.29, 1.82) is 5.41 Å². The van der Waals surface area contributed by atoms with Crippen LogP contribution in [-0.4, -0.2) is 43.3 Å². The zero-order chi connectivity index (χ0) is 28.4. The van der Waals surface area contributed by atoms with Crippen molar-refractivity contribution in [3.05, 3.63) is 58.5 Å². The van der Waals surface area contributed by atoms with Gasteiger partial charge in [-0.05, 0) is 93.3 Å². The van der Waals surface area contributed by atoms with Crippen LogP contribution >= 0.6 is 0 Å². The van der Waals surface area contributed by atoms with Crippen LogP contribution in [0.3, 0.4) is 0 Å². The lowest BCUT2D eigenvalue weighted by Crippen LogP contribution is -2.45. The van der Waals surface area contributed by atoms with Crippen molar-refractivity contribution >= 4 is 22.9 Å². The van der Waals surface area contributed by atoms with Crippen molar-refractivity contribution in [2.24, 2.45) is 5.92 Å². The minimum absolute atomic E-state index is 0.0207. The average molecular weight is 552 g/mol. The number of nitrogens with one attached hydrogen (secondary N) is 3. The summed E-state index contributed by atoms with van der Waals surface area (Å²) < 4.78 is 36.3. The van der Waals surface area contributed by atoms with E-state index in [-0.39, 0.29) is 23.9 Å². The lowest BCUT2D eigenvalue weighted by Gasteiger charge is -2.35. The zero-order valence-corrected chi connectivity index (χ0v) is 23.6. The van der Waals surface area contributed by atoms with Gasteiger partial charge in [0.2, 0.25) is 5.91 Å². The summed E-state index contributed by atoms with van der Waals surface area (Å²) >= 11 is 0. The van der Waals surface area contributed by atoms with E-state index in [0.29, 0.717) is 54.1 Å². The van der Waals surface area contributed by atoms with Gasteiger partial charge in [-0.2, -0.15) is 0 Å². The maximum atomic E-state index is 15.6. The molecule has 1 amide bonds. The number of carbonyl (C=O) groups is 1. The molecule has 0 atom stereocenters. The summed E-state index contributed by atoms with van der Waals surface area (Å²) in [5.74, 6) is -1.24. The molecule has 1 aliphatic carbocycles. The highest BCUT2D eigenvalue weighted by Crippen LogP contribution is 2.54. The Balaban J connectivity index is 1.44. The van der Waals surface area contributed by atoms with E-state index in [1.54, 1.807) is 13.1 Å². The molecule has 3 heterocycles. The largest absolute Gasteiger partial charge is 0.494 e. The van der Waals surface area contributed by atoms with E-state index >= 15 is 8.78 Å². The first-order chi connectivity index (χ1) is 19.3. The van der Waals surface area contributed by atoms with Crippen molar-refractivity contribution in [2.45, 2.75) is 70.8 Å². The summed E-state index contributed by atoms with van der Waals surface area (Å²) in [5, 5.41) is 15.1. The topological polar surface area (TPSA) is 90.3 Å². The SMILES string of the molecule is CCCc1cc(OC)c(F)c(N2Cc3cnc(/C(=C/NCCC4CCNCC4)C(C)=N)cc3C3(CC3)C2=O)c1F. The first kappa shape index (κ1) is 28.2. The number of benzene rings is 1. The van der Waals surface area contributed by atoms with Crippen LogP contribution < -0.4 is 20.3 Å². The van der Waals surface area contributed by atoms with Gasteiger partial charge in [0, 0.05) is 30.2 Å². The van der Waals surface area contributed by atoms with E-state index in [1.165, 1.54) is 30.9 Å². The number of rotatable bonds is 10. The Hall–Kier alpha value is -3.33. The Morgan fingerprint density at radius 3 is 2.67 bits per heavy atom. The molecular weight excluding hydrogens is 512 g/mol. The third-order valence-corrected chi connectivity index (χ3v) is 8.55. The van der Waals surface area contributed by atoms with Crippen molar-refractivity contribution in [2.75, 3.05) is 31.6 Å². The van der Waals surface area contributed by atoms with Gasteiger partial charge in [-0.1, -0.05) is 13.3 Å². The van der Waals surface area contributed by atoms with E-state index in [0.717, 1.165) is 37.2 Å². The predicted octanol–water partition coefficient (Wildman–Crippen LogP) is 5.26. The molecule has 2 aliphatic heterocycles. The van der Waals surface area contributed by atoms with Gasteiger partial charge in [-0.25, -0.2) is 8.78 Å². The molecule has 214 valence electrons. The average Bonchev–Trinajstić information content (AvgIpc) is 3.75. The van der Waals surface area contributed by atoms with Gasteiger partial charge in [0.25, 0.3) is 0 Å². The minimum atomic E-state index is -0.864. The van der Waals surface area contributed by atoms with Crippen LogP contribution in [0.5, 0.6) is 5.75 Å². The fraction of sp³-hybridized carbons (Fsp3) is 0.516. The molecule has 7 nitrogen and oxygen atoms in total. The summed E-state index contributed by atoms with van der Waals surface area (Å²) in [5.41, 5.74) is 2.43. The normalized spacial score (nSPS) is 18.6. The van der Waals surface area contributed by atoms with E-state index in [2.05, 4.69) is 15.6 Å². The molecule has 9 heteroatoms. The van der Waals surface area contributed by atoms with Crippen LogP contribution in [0.2, 0.25) is 0 Å². The van der Waals surface area contributed by atoms with E-state index in [9.17, 15) is 4.79 Å². The number of halogens is 2. The fourth-order valence-corrected chi connectivity index (χ4v) is 6.10. The van der Waals surface area contributed by atoms with Gasteiger partial charge in [-0.3, -0.25) is 9.78 Å². The molecule has 0 unspecified atom stereocenters. The number of aromatic nitrogens is 1. The van der Waals surface area contributed by atoms with E-state index in [4.69, 9.17) is 10.1 Å². The maximum Gasteiger partial charge on any atom is 0.238 e. The highest BCUT2D eigenvalue weighted by molar-refractivity contribution is 6.20. The third kappa shape index (κ3) is 5.23. The Bertz CT molecular complexity index is 1330. The Labute approximate surface area is 234 Å². The van der Waals surface area contributed by atoms with Crippen LogP contribution in [0, 0.1) is 23.0 Å². The number of allylic oxidation sites excluding steroid dienone is 1. The molecule has 1 aromatic heterocycles. The smallest absolute Gasteiger partial charge is 0.238 e. The molecule has 0 radical (unpaired) electrons. The van der Waals surface area contributed by atoms with E-state index < -0.39 is 17.0 Å². The second kappa shape index (κ2) is 11.6. The monoisotopic (exact) mass is 551 g/mol. The number of amides is 1. The van der Waals surface area contributed by atoms with Crippen molar-refractivity contribution in [3.8, 4) is 5.75 Å². The fourth-order valence-electron chi connectivity index (χ4n) is 6.10. The standard InChI is InChI=1S/C31H39F2N5O2/c1-4-5-21-14-26(40-3)28(33)29(27(21)32)38-18-22-16-37-25(15-24(22)31(9-10-31)30(38)39)23(19(2)34)17-36-13-8-20-6-11-35-12-7-20/h14-17,20,34-36H,4-13,18H2,1-3H3/b23-17+,34-19?. The van der Waals surface area contributed by atoms with Crippen LogP contribution in [0.15, 0.2) is 24.5 Å². The zero-order valence-electron chi connectivity index (χ0n) is 23.6. The van der Waals surface area contributed by atoms with Gasteiger partial charge in [0.05, 0.1) is 24.8 Å². The molecule has 1 saturated heterocycles. The molecular formula is C31H39F2N5O2. The molecule has 3 aliphatic rings. The molecule has 3 N–H and O–H groups in total. The quantitative estimate of drug-likeness (QED) is 0.277. The number of ether oxygens (including phenoxy) is 1. The highest BCUT2D eigenvalue weighted by Gasteiger charge is 2.57. The summed E-state index contributed by atoms with van der Waals surface area (Å²) in [7, 11) is 1.34. The number of nitrogens with zero attached hydrogens (tertiary/aromatic N) is 2. The van der Waals surface area contributed by atoms with Crippen LogP contribution in [-0.2, 0) is 23.2 Å². The van der Waals surface area contributed by atoms with Crippen LogP contribution in [0.25, 0.3) is 5.57 Å². The van der Waals surface area contributed by atoms with Gasteiger partial charge in [0.15, 0.2) is 17.4 Å². The first-order valence-corrected chi connectivity index (χ1v) is 14.4. The van der Waals surface area contributed by atoms with Gasteiger partial charge in [0.1, 0.15) is 5.69 Å². The second-order valence-corrected chi connectivity index (χ2v) is 11.3. The second-order valence-electron chi connectivity index (χ2n) is 11.3. The number of carbonyl (C=O) groups excluding carboxylic acids is 1. The Morgan fingerprint density at radius 2 is 2.02 bits per heavy atom. The number of piperidine rings is 1. The number of anilines is 1. The number of fused-ring (bicyclic) bond motifs is 2. The molecule has 2 aromatic rings. The van der Waals surface area contributed by atoms with Crippen LogP contribution in [0.1, 0.15) is 74.8 Å². The number of hydrogen-bond acceptors (Lipinski definition) is 6. The van der Waals surface area contributed by atoms with E-state index in [1.807, 2.05) is 19.2 Å². The van der Waals surface area contributed by atoms with Crippen molar-refractivity contribution in [1.82, 2.24) is 15.6 Å². The van der Waals surface area contributed by atoms with Gasteiger partial charge < -0.3 is 25.7 Å². The molecule has 1 spiro atoms. The Morgan fingerprint density at radius 1 is 1.27 bits per heavy atom. The first-order valence-electron chi connectivity index (χ1n) is 14.4. The lowest BCUT2D eigenvalue weighted by molar-refractivity contribution is -0.121. The molecule has 1 aromatic carbocycles. The number of methoxy groups -OCH3 is 1. The summed E-state index contributed by atoms with van der Waals surface area (Å²) in [6, 6.07) is 3.28. The van der Waals surface area contributed by atoms with Gasteiger partial charge >= 0.3 is 0 Å².